The summed E-state index contributed by atoms with van der Waals surface area (Å²) >= 11 is 1.95. The molecule has 0 fully saturated rings. The maximum atomic E-state index is 12.9. The second-order valence-electron chi connectivity index (χ2n) is 3.24. The summed E-state index contributed by atoms with van der Waals surface area (Å²) in [6, 6.07) is 4.15. The Labute approximate surface area is 114 Å². The van der Waals surface area contributed by atoms with Crippen molar-refractivity contribution >= 4 is 34.6 Å². The predicted octanol–water partition coefficient (Wildman–Crippen LogP) is 2.58. The van der Waals surface area contributed by atoms with Crippen LogP contribution in [-0.4, -0.2) is 21.3 Å². The van der Waals surface area contributed by atoms with Gasteiger partial charge < -0.3 is 9.52 Å². The van der Waals surface area contributed by atoms with Gasteiger partial charge in [-0.05, 0) is 40.8 Å². The highest BCUT2D eigenvalue weighted by molar-refractivity contribution is 14.1. The zero-order chi connectivity index (χ0) is 13.1. The maximum absolute atomic E-state index is 12.9. The molecule has 2 rings (SSSR count). The summed E-state index contributed by atoms with van der Waals surface area (Å²) in [5, 5.41) is 15.9. The molecule has 0 atom stereocenters. The molecule has 18 heavy (non-hydrogen) atoms. The van der Waals surface area contributed by atoms with Crippen molar-refractivity contribution < 1.29 is 18.7 Å². The minimum Gasteiger partial charge on any atom is -0.478 e. The van der Waals surface area contributed by atoms with Crippen LogP contribution in [0.2, 0.25) is 0 Å². The lowest BCUT2D eigenvalue weighted by Gasteiger charge is -1.98. The first kappa shape index (κ1) is 12.7. The fraction of sp³-hybridized carbons (Fsp3) is 0. The number of carboxylic acids is 1. The monoisotopic (exact) mass is 360 g/mol. The lowest BCUT2D eigenvalue weighted by Crippen LogP contribution is -1.85. The Hall–Kier alpha value is -1.77. The van der Waals surface area contributed by atoms with Gasteiger partial charge in [0.15, 0.2) is 0 Å². The molecule has 1 aromatic carbocycles. The molecule has 5 nitrogen and oxygen atoms in total. The van der Waals surface area contributed by atoms with E-state index in [4.69, 9.17) is 9.52 Å². The van der Waals surface area contributed by atoms with E-state index in [-0.39, 0.29) is 17.6 Å². The lowest BCUT2D eigenvalue weighted by molar-refractivity contribution is -0.131. The molecule has 0 aliphatic carbocycles. The van der Waals surface area contributed by atoms with Crippen molar-refractivity contribution in [1.29, 1.82) is 0 Å². The minimum absolute atomic E-state index is 0.0764. The van der Waals surface area contributed by atoms with Crippen LogP contribution in [0.25, 0.3) is 17.5 Å². The van der Waals surface area contributed by atoms with Crippen molar-refractivity contribution in [3.63, 3.8) is 0 Å². The van der Waals surface area contributed by atoms with Crippen molar-refractivity contribution in [3.05, 3.63) is 39.6 Å². The van der Waals surface area contributed by atoms with Crippen molar-refractivity contribution in [2.75, 3.05) is 0 Å². The third kappa shape index (κ3) is 2.92. The summed E-state index contributed by atoms with van der Waals surface area (Å²) in [4.78, 5) is 10.3. The Bertz CT molecular complexity index is 625. The minimum atomic E-state index is -1.11. The van der Waals surface area contributed by atoms with Crippen LogP contribution in [0.4, 0.5) is 4.39 Å². The van der Waals surface area contributed by atoms with E-state index in [1.165, 1.54) is 24.3 Å². The smallest absolute Gasteiger partial charge is 0.328 e. The number of hydrogen-bond acceptors (Lipinski definition) is 4. The molecule has 1 N–H and O–H groups in total. The number of halogens is 2. The van der Waals surface area contributed by atoms with Gasteiger partial charge in [-0.2, -0.15) is 0 Å². The van der Waals surface area contributed by atoms with E-state index >= 15 is 0 Å². The Balaban J connectivity index is 2.32. The molecule has 0 saturated carbocycles. The fourth-order valence-corrected chi connectivity index (χ4v) is 1.92. The first-order chi connectivity index (χ1) is 8.56. The summed E-state index contributed by atoms with van der Waals surface area (Å²) in [6.07, 6.45) is 2.09. The molecule has 0 aliphatic rings. The number of hydrogen-bond donors (Lipinski definition) is 1. The van der Waals surface area contributed by atoms with E-state index in [1.54, 1.807) is 0 Å². The highest BCUT2D eigenvalue weighted by Crippen LogP contribution is 2.24. The highest BCUT2D eigenvalue weighted by Gasteiger charge is 2.11. The van der Waals surface area contributed by atoms with Crippen molar-refractivity contribution in [2.45, 2.75) is 0 Å². The van der Waals surface area contributed by atoms with E-state index in [2.05, 4.69) is 10.2 Å². The largest absolute Gasteiger partial charge is 0.478 e. The second-order valence-corrected chi connectivity index (χ2v) is 4.40. The quantitative estimate of drug-likeness (QED) is 0.673. The lowest BCUT2D eigenvalue weighted by atomic mass is 10.2. The van der Waals surface area contributed by atoms with E-state index in [0.717, 1.165) is 6.08 Å². The molecule has 0 radical (unpaired) electrons. The number of carbonyl (C=O) groups is 1. The maximum Gasteiger partial charge on any atom is 0.328 e. The normalized spacial score (nSPS) is 11.0. The Morgan fingerprint density at radius 1 is 1.44 bits per heavy atom. The van der Waals surface area contributed by atoms with Crippen LogP contribution in [0.3, 0.4) is 0 Å². The highest BCUT2D eigenvalue weighted by atomic mass is 127. The van der Waals surface area contributed by atoms with Crippen LogP contribution in [0.15, 0.2) is 28.7 Å². The van der Waals surface area contributed by atoms with Gasteiger partial charge in [-0.3, -0.25) is 0 Å². The van der Waals surface area contributed by atoms with Crippen molar-refractivity contribution in [2.24, 2.45) is 0 Å². The van der Waals surface area contributed by atoms with Gasteiger partial charge in [-0.1, -0.05) is 0 Å². The molecule has 7 heteroatoms. The Morgan fingerprint density at radius 2 is 2.22 bits per heavy atom. The molecule has 0 spiro atoms. The number of aliphatic carboxylic acids is 1. The summed E-state index contributed by atoms with van der Waals surface area (Å²) in [5.41, 5.74) is 0.597. The van der Waals surface area contributed by atoms with Gasteiger partial charge in [0.1, 0.15) is 5.82 Å². The SMILES string of the molecule is O=C(O)/C=C/c1nnc(-c2ccc(F)cc2I)o1. The summed E-state index contributed by atoms with van der Waals surface area (Å²) in [6.45, 7) is 0. The van der Waals surface area contributed by atoms with Gasteiger partial charge in [0.2, 0.25) is 11.8 Å². The van der Waals surface area contributed by atoms with Gasteiger partial charge in [0.05, 0.1) is 5.56 Å². The average molecular weight is 360 g/mol. The second kappa shape index (κ2) is 5.25. The van der Waals surface area contributed by atoms with E-state index in [0.29, 0.717) is 9.13 Å². The molecule has 0 aliphatic heterocycles. The Morgan fingerprint density at radius 3 is 2.89 bits per heavy atom. The number of carboxylic acid groups (broad SMARTS) is 1. The van der Waals surface area contributed by atoms with Crippen LogP contribution in [-0.2, 0) is 4.79 Å². The molecule has 0 unspecified atom stereocenters. The first-order valence-electron chi connectivity index (χ1n) is 4.76. The van der Waals surface area contributed by atoms with Gasteiger partial charge in [-0.25, -0.2) is 9.18 Å². The molecular weight excluding hydrogens is 354 g/mol. The number of aromatic nitrogens is 2. The van der Waals surface area contributed by atoms with Crippen LogP contribution in [0.5, 0.6) is 0 Å². The molecule has 0 saturated heterocycles. The summed E-state index contributed by atoms with van der Waals surface area (Å²) in [5.74, 6) is -1.17. The number of benzene rings is 1. The van der Waals surface area contributed by atoms with Gasteiger partial charge >= 0.3 is 5.97 Å². The van der Waals surface area contributed by atoms with Gasteiger partial charge in [0.25, 0.3) is 0 Å². The van der Waals surface area contributed by atoms with Crippen molar-refractivity contribution in [1.82, 2.24) is 10.2 Å². The number of rotatable bonds is 3. The molecule has 2 aromatic rings. The summed E-state index contributed by atoms with van der Waals surface area (Å²) < 4.78 is 18.8. The van der Waals surface area contributed by atoms with Gasteiger partial charge in [-0.15, -0.1) is 10.2 Å². The van der Waals surface area contributed by atoms with Crippen molar-refractivity contribution in [3.8, 4) is 11.5 Å². The zero-order valence-corrected chi connectivity index (χ0v) is 11.0. The molecule has 92 valence electrons. The van der Waals surface area contributed by atoms with Crippen LogP contribution in [0, 0.1) is 9.39 Å². The summed E-state index contributed by atoms with van der Waals surface area (Å²) in [7, 11) is 0. The molecular formula is C11H6FIN2O3. The van der Waals surface area contributed by atoms with E-state index < -0.39 is 5.97 Å². The average Bonchev–Trinajstić information content (AvgIpc) is 2.75. The van der Waals surface area contributed by atoms with Crippen LogP contribution >= 0.6 is 22.6 Å². The van der Waals surface area contributed by atoms with E-state index in [1.807, 2.05) is 22.6 Å². The van der Waals surface area contributed by atoms with Crippen LogP contribution in [0.1, 0.15) is 5.89 Å². The van der Waals surface area contributed by atoms with Gasteiger partial charge in [0, 0.05) is 15.7 Å². The fourth-order valence-electron chi connectivity index (χ4n) is 1.22. The third-order valence-corrected chi connectivity index (χ3v) is 2.86. The number of nitrogens with zero attached hydrogens (tertiary/aromatic N) is 2. The molecule has 1 aromatic heterocycles. The topological polar surface area (TPSA) is 76.2 Å². The standard InChI is InChI=1S/C11H6FIN2O3/c12-6-1-2-7(8(13)5-6)11-15-14-9(18-11)3-4-10(16)17/h1-5H,(H,16,17)/b4-3+. The molecule has 0 amide bonds. The van der Waals surface area contributed by atoms with E-state index in [9.17, 15) is 9.18 Å². The first-order valence-corrected chi connectivity index (χ1v) is 5.84. The molecule has 0 bridgehead atoms. The predicted molar refractivity (Wildman–Crippen MR) is 69.1 cm³/mol. The third-order valence-electron chi connectivity index (χ3n) is 1.97. The van der Waals surface area contributed by atoms with Crippen LogP contribution < -0.4 is 0 Å². The molecule has 1 heterocycles. The zero-order valence-electron chi connectivity index (χ0n) is 8.80. The Kier molecular flexibility index (Phi) is 3.70.